The summed E-state index contributed by atoms with van der Waals surface area (Å²) in [6.07, 6.45) is -5.85. The average molecular weight is 538 g/mol. The van der Waals surface area contributed by atoms with Gasteiger partial charge in [0.05, 0.1) is 16.7 Å². The molecule has 190 valence electrons. The minimum Gasteiger partial charge on any atom is -0.459 e. The van der Waals surface area contributed by atoms with E-state index in [4.69, 9.17) is 42.1 Å². The minimum atomic E-state index is -1.66. The number of halogens is 2. The van der Waals surface area contributed by atoms with Gasteiger partial charge in [0.1, 0.15) is 24.9 Å². The molecule has 36 heavy (non-hydrogen) atoms. The van der Waals surface area contributed by atoms with Gasteiger partial charge in [0, 0.05) is 7.11 Å². The summed E-state index contributed by atoms with van der Waals surface area (Å²) < 4.78 is 21.8. The van der Waals surface area contributed by atoms with Crippen LogP contribution in [0, 0.1) is 0 Å². The number of fused-ring (bicyclic) bond motifs is 1. The Labute approximate surface area is 215 Å². The Bertz CT molecular complexity index is 1120. The highest BCUT2D eigenvalue weighted by Gasteiger charge is 2.55. The van der Waals surface area contributed by atoms with Crippen LogP contribution < -0.4 is 0 Å². The first-order chi connectivity index (χ1) is 17.2. The molecule has 0 radical (unpaired) electrons. The first-order valence-corrected chi connectivity index (χ1v) is 11.7. The van der Waals surface area contributed by atoms with Crippen LogP contribution in [0.4, 0.5) is 0 Å². The van der Waals surface area contributed by atoms with Gasteiger partial charge in [0.25, 0.3) is 11.8 Å². The molecule has 2 aromatic rings. The molecule has 12 heteroatoms. The SMILES string of the molecule is CO[C@@H]1O[C@H](COC(=O)c2ccccc2)[C@@H](O)[C@H](OC(=O)C(Cl)Cl)[C@H]1N1C(=O)c2ccccc2C1=O. The van der Waals surface area contributed by atoms with Crippen molar-refractivity contribution in [3.05, 3.63) is 71.3 Å². The third-order valence-corrected chi connectivity index (χ3v) is 6.17. The Morgan fingerprint density at radius 2 is 1.61 bits per heavy atom. The van der Waals surface area contributed by atoms with Crippen molar-refractivity contribution in [1.82, 2.24) is 4.90 Å². The molecule has 1 fully saturated rings. The standard InChI is InChI=1S/C24H21Cl2NO9/c1-33-24-16(27-20(29)13-9-5-6-10-14(13)21(27)30)18(36-23(32)19(25)26)17(28)15(35-24)11-34-22(31)12-7-3-2-4-8-12/h2-10,15-19,24,28H,11H2,1H3/t15-,16-,17-,18-,24-/m1/s1. The van der Waals surface area contributed by atoms with Crippen LogP contribution in [-0.2, 0) is 23.7 Å². The second-order valence-electron chi connectivity index (χ2n) is 7.95. The molecule has 2 heterocycles. The Morgan fingerprint density at radius 1 is 1.03 bits per heavy atom. The van der Waals surface area contributed by atoms with E-state index in [-0.39, 0.29) is 16.7 Å². The highest BCUT2D eigenvalue weighted by Crippen LogP contribution is 2.34. The third kappa shape index (κ3) is 4.95. The van der Waals surface area contributed by atoms with Crippen LogP contribution in [0.15, 0.2) is 54.6 Å². The van der Waals surface area contributed by atoms with Crippen LogP contribution in [-0.4, -0.2) is 83.0 Å². The van der Waals surface area contributed by atoms with Gasteiger partial charge in [-0.3, -0.25) is 14.5 Å². The number of aliphatic hydroxyl groups is 1. The van der Waals surface area contributed by atoms with Gasteiger partial charge in [-0.05, 0) is 24.3 Å². The molecule has 0 saturated carbocycles. The first kappa shape index (κ1) is 26.1. The van der Waals surface area contributed by atoms with Crippen molar-refractivity contribution in [1.29, 1.82) is 0 Å². The van der Waals surface area contributed by atoms with E-state index in [2.05, 4.69) is 0 Å². The number of nitrogens with zero attached hydrogens (tertiary/aromatic N) is 1. The van der Waals surface area contributed by atoms with E-state index in [0.717, 1.165) is 4.90 Å². The molecule has 0 unspecified atom stereocenters. The van der Waals surface area contributed by atoms with Crippen molar-refractivity contribution < 1.29 is 43.2 Å². The van der Waals surface area contributed by atoms with Gasteiger partial charge < -0.3 is 24.1 Å². The molecule has 0 aromatic heterocycles. The number of hydrogen-bond donors (Lipinski definition) is 1. The summed E-state index contributed by atoms with van der Waals surface area (Å²) >= 11 is 11.3. The summed E-state index contributed by atoms with van der Waals surface area (Å²) in [5, 5.41) is 11.1. The predicted octanol–water partition coefficient (Wildman–Crippen LogP) is 1.96. The molecule has 0 spiro atoms. The fraction of sp³-hybridized carbons (Fsp3) is 0.333. The van der Waals surface area contributed by atoms with Crippen LogP contribution in [0.1, 0.15) is 31.1 Å². The Balaban J connectivity index is 1.62. The van der Waals surface area contributed by atoms with E-state index < -0.39 is 65.8 Å². The van der Waals surface area contributed by atoms with Crippen molar-refractivity contribution >= 4 is 47.0 Å². The van der Waals surface area contributed by atoms with Gasteiger partial charge in [0.2, 0.25) is 4.84 Å². The second kappa shape index (κ2) is 10.9. The van der Waals surface area contributed by atoms with Crippen LogP contribution in [0.25, 0.3) is 0 Å². The molecule has 5 atom stereocenters. The number of rotatable bonds is 7. The fourth-order valence-corrected chi connectivity index (χ4v) is 4.23. The van der Waals surface area contributed by atoms with Gasteiger partial charge in [-0.2, -0.15) is 0 Å². The van der Waals surface area contributed by atoms with Gasteiger partial charge >= 0.3 is 11.9 Å². The molecular weight excluding hydrogens is 517 g/mol. The number of carbonyl (C=O) groups is 4. The van der Waals surface area contributed by atoms with Gasteiger partial charge in [-0.25, -0.2) is 9.59 Å². The third-order valence-electron chi connectivity index (χ3n) is 5.82. The second-order valence-corrected chi connectivity index (χ2v) is 9.05. The van der Waals surface area contributed by atoms with E-state index in [1.165, 1.54) is 19.2 Å². The maximum Gasteiger partial charge on any atom is 0.339 e. The normalized spacial score (nSPS) is 25.6. The zero-order chi connectivity index (χ0) is 26.0. The van der Waals surface area contributed by atoms with Crippen molar-refractivity contribution in [3.8, 4) is 0 Å². The van der Waals surface area contributed by atoms with E-state index in [0.29, 0.717) is 0 Å². The number of esters is 2. The molecule has 4 rings (SSSR count). The molecule has 10 nitrogen and oxygen atoms in total. The molecule has 2 aliphatic heterocycles. The Kier molecular flexibility index (Phi) is 7.91. The number of alkyl halides is 2. The lowest BCUT2D eigenvalue weighted by molar-refractivity contribution is -0.275. The largest absolute Gasteiger partial charge is 0.459 e. The molecule has 2 aromatic carbocycles. The lowest BCUT2D eigenvalue weighted by Crippen LogP contribution is -2.67. The quantitative estimate of drug-likeness (QED) is 0.320. The van der Waals surface area contributed by atoms with Crippen LogP contribution >= 0.6 is 23.2 Å². The molecule has 2 aliphatic rings. The lowest BCUT2D eigenvalue weighted by atomic mass is 9.95. The summed E-state index contributed by atoms with van der Waals surface area (Å²) in [6.45, 7) is -0.456. The summed E-state index contributed by atoms with van der Waals surface area (Å²) in [4.78, 5) is 50.2. The van der Waals surface area contributed by atoms with E-state index in [9.17, 15) is 24.3 Å². The summed E-state index contributed by atoms with van der Waals surface area (Å²) in [7, 11) is 1.24. The topological polar surface area (TPSA) is 129 Å². The van der Waals surface area contributed by atoms with Crippen molar-refractivity contribution in [3.63, 3.8) is 0 Å². The highest BCUT2D eigenvalue weighted by atomic mass is 35.5. The van der Waals surface area contributed by atoms with E-state index in [1.807, 2.05) is 0 Å². The summed E-state index contributed by atoms with van der Waals surface area (Å²) in [6, 6.07) is 12.8. The van der Waals surface area contributed by atoms with E-state index >= 15 is 0 Å². The molecule has 1 N–H and O–H groups in total. The maximum absolute atomic E-state index is 13.1. The number of benzene rings is 2. The molecule has 1 saturated heterocycles. The Hall–Kier alpha value is -3.02. The number of carbonyl (C=O) groups excluding carboxylic acids is 4. The smallest absolute Gasteiger partial charge is 0.339 e. The molecular formula is C24H21Cl2NO9. The molecule has 0 bridgehead atoms. The monoisotopic (exact) mass is 537 g/mol. The highest BCUT2D eigenvalue weighted by molar-refractivity contribution is 6.52. The average Bonchev–Trinajstić information content (AvgIpc) is 3.14. The zero-order valence-corrected chi connectivity index (χ0v) is 20.3. The van der Waals surface area contributed by atoms with Crippen molar-refractivity contribution in [2.75, 3.05) is 13.7 Å². The Morgan fingerprint density at radius 3 is 2.17 bits per heavy atom. The van der Waals surface area contributed by atoms with Gasteiger partial charge in [-0.15, -0.1) is 0 Å². The minimum absolute atomic E-state index is 0.128. The predicted molar refractivity (Wildman–Crippen MR) is 125 cm³/mol. The fourth-order valence-electron chi connectivity index (χ4n) is 4.12. The van der Waals surface area contributed by atoms with Crippen LogP contribution in [0.2, 0.25) is 0 Å². The zero-order valence-electron chi connectivity index (χ0n) is 18.8. The van der Waals surface area contributed by atoms with Gasteiger partial charge in [-0.1, -0.05) is 53.5 Å². The molecule has 0 aliphatic carbocycles. The van der Waals surface area contributed by atoms with Crippen molar-refractivity contribution in [2.24, 2.45) is 0 Å². The van der Waals surface area contributed by atoms with E-state index in [1.54, 1.807) is 42.5 Å². The maximum atomic E-state index is 13.1. The summed E-state index contributed by atoms with van der Waals surface area (Å²) in [5.74, 6) is -3.19. The van der Waals surface area contributed by atoms with Gasteiger partial charge in [0.15, 0.2) is 12.4 Å². The van der Waals surface area contributed by atoms with Crippen molar-refractivity contribution in [2.45, 2.75) is 35.5 Å². The lowest BCUT2D eigenvalue weighted by Gasteiger charge is -2.45. The number of ether oxygens (including phenoxy) is 4. The number of methoxy groups -OCH3 is 1. The van der Waals surface area contributed by atoms with Crippen LogP contribution in [0.5, 0.6) is 0 Å². The number of imide groups is 1. The first-order valence-electron chi connectivity index (χ1n) is 10.8. The van der Waals surface area contributed by atoms with Crippen LogP contribution in [0.3, 0.4) is 0 Å². The summed E-state index contributed by atoms with van der Waals surface area (Å²) in [5.41, 5.74) is 0.525. The number of amides is 2. The molecule has 2 amide bonds. The number of aliphatic hydroxyl groups excluding tert-OH is 1. The number of hydrogen-bond acceptors (Lipinski definition) is 9.